The van der Waals surface area contributed by atoms with Crippen LogP contribution in [0.3, 0.4) is 0 Å². The molecule has 0 aliphatic heterocycles. The van der Waals surface area contributed by atoms with Crippen LogP contribution in [-0.2, 0) is 20.6 Å². The molecule has 0 atom stereocenters. The zero-order valence-electron chi connectivity index (χ0n) is 19.7. The van der Waals surface area contributed by atoms with E-state index in [1.807, 2.05) is 31.2 Å². The third-order valence-corrected chi connectivity index (χ3v) is 8.38. The number of methoxy groups -OCH3 is 1. The normalized spacial score (nSPS) is 11.2. The van der Waals surface area contributed by atoms with Crippen LogP contribution in [-0.4, -0.2) is 40.3 Å². The highest BCUT2D eigenvalue weighted by Crippen LogP contribution is 2.26. The van der Waals surface area contributed by atoms with Gasteiger partial charge in [0.25, 0.3) is 10.0 Å². The fourth-order valence-electron chi connectivity index (χ4n) is 3.26. The molecule has 0 aliphatic carbocycles. The smallest absolute Gasteiger partial charge is 0.264 e. The maximum atomic E-state index is 13.4. The van der Waals surface area contributed by atoms with Crippen LogP contribution < -0.4 is 14.4 Å². The van der Waals surface area contributed by atoms with Crippen LogP contribution in [0.4, 0.5) is 5.69 Å². The predicted molar refractivity (Wildman–Crippen MR) is 144 cm³/mol. The number of ether oxygens (including phenoxy) is 1. The van der Waals surface area contributed by atoms with Gasteiger partial charge in [0.2, 0.25) is 5.91 Å². The number of carbonyl (C=O) groups excluding carboxylic acids is 1. The summed E-state index contributed by atoms with van der Waals surface area (Å²) in [5.41, 5.74) is 2.53. The van der Waals surface area contributed by atoms with Crippen molar-refractivity contribution in [3.05, 3.63) is 88.9 Å². The van der Waals surface area contributed by atoms with Gasteiger partial charge >= 0.3 is 0 Å². The molecule has 0 bridgehead atoms. The van der Waals surface area contributed by atoms with E-state index in [9.17, 15) is 13.2 Å². The number of nitrogens with one attached hydrogen (secondary N) is 1. The van der Waals surface area contributed by atoms with Crippen molar-refractivity contribution in [1.82, 2.24) is 5.32 Å². The van der Waals surface area contributed by atoms with Crippen LogP contribution in [0.5, 0.6) is 5.75 Å². The molecule has 3 aromatic rings. The number of halogens is 1. The van der Waals surface area contributed by atoms with Crippen LogP contribution in [0, 0.1) is 6.92 Å². The average Bonchev–Trinajstić information content (AvgIpc) is 2.86. The minimum atomic E-state index is -3.94. The highest BCUT2D eigenvalue weighted by Gasteiger charge is 2.27. The summed E-state index contributed by atoms with van der Waals surface area (Å²) >= 11 is 7.68. The first-order chi connectivity index (χ1) is 16.8. The van der Waals surface area contributed by atoms with Crippen molar-refractivity contribution in [2.75, 3.05) is 30.3 Å². The van der Waals surface area contributed by atoms with Gasteiger partial charge < -0.3 is 10.1 Å². The van der Waals surface area contributed by atoms with E-state index in [0.29, 0.717) is 18.0 Å². The molecular weight excluding hydrogens is 504 g/mol. The molecule has 3 aromatic carbocycles. The van der Waals surface area contributed by atoms with Gasteiger partial charge in [-0.1, -0.05) is 41.4 Å². The fraction of sp³-hybridized carbons (Fsp3) is 0.269. The number of thioether (sulfide) groups is 1. The number of rotatable bonds is 12. The Labute approximate surface area is 216 Å². The summed E-state index contributed by atoms with van der Waals surface area (Å²) in [6.07, 6.45) is 0.775. The Morgan fingerprint density at radius 1 is 1.00 bits per heavy atom. The van der Waals surface area contributed by atoms with Gasteiger partial charge in [-0.2, -0.15) is 11.8 Å². The lowest BCUT2D eigenvalue weighted by Gasteiger charge is -2.24. The van der Waals surface area contributed by atoms with Gasteiger partial charge in [0, 0.05) is 17.3 Å². The van der Waals surface area contributed by atoms with Crippen molar-refractivity contribution in [2.24, 2.45) is 0 Å². The molecule has 3 rings (SSSR count). The largest absolute Gasteiger partial charge is 0.497 e. The van der Waals surface area contributed by atoms with E-state index < -0.39 is 10.0 Å². The minimum absolute atomic E-state index is 0.130. The molecule has 0 saturated heterocycles. The van der Waals surface area contributed by atoms with E-state index in [2.05, 4.69) is 5.32 Å². The number of benzene rings is 3. The van der Waals surface area contributed by atoms with E-state index in [-0.39, 0.29) is 17.3 Å². The van der Waals surface area contributed by atoms with Crippen LogP contribution in [0.1, 0.15) is 17.5 Å². The van der Waals surface area contributed by atoms with E-state index >= 15 is 0 Å². The van der Waals surface area contributed by atoms with Crippen molar-refractivity contribution in [1.29, 1.82) is 0 Å². The monoisotopic (exact) mass is 532 g/mol. The highest BCUT2D eigenvalue weighted by molar-refractivity contribution is 7.98. The van der Waals surface area contributed by atoms with Gasteiger partial charge in [-0.05, 0) is 73.2 Å². The summed E-state index contributed by atoms with van der Waals surface area (Å²) in [4.78, 5) is 12.8. The lowest BCUT2D eigenvalue weighted by atomic mass is 10.2. The summed E-state index contributed by atoms with van der Waals surface area (Å²) in [6.45, 7) is 2.03. The number of carbonyl (C=O) groups is 1. The summed E-state index contributed by atoms with van der Waals surface area (Å²) in [5, 5.41) is 3.56. The quantitative estimate of drug-likeness (QED) is 0.321. The van der Waals surface area contributed by atoms with Crippen molar-refractivity contribution in [3.63, 3.8) is 0 Å². The number of hydrogen-bond acceptors (Lipinski definition) is 5. The van der Waals surface area contributed by atoms with E-state index in [0.717, 1.165) is 32.8 Å². The average molecular weight is 533 g/mol. The molecule has 0 spiro atoms. The Morgan fingerprint density at radius 2 is 1.66 bits per heavy atom. The van der Waals surface area contributed by atoms with Crippen molar-refractivity contribution in [2.45, 2.75) is 24.0 Å². The molecule has 1 amide bonds. The molecule has 0 fully saturated rings. The number of hydrogen-bond donors (Lipinski definition) is 1. The minimum Gasteiger partial charge on any atom is -0.497 e. The number of nitrogens with zero attached hydrogens (tertiary/aromatic N) is 1. The van der Waals surface area contributed by atoms with Crippen LogP contribution in [0.2, 0.25) is 5.02 Å². The highest BCUT2D eigenvalue weighted by atomic mass is 35.5. The number of amides is 1. The van der Waals surface area contributed by atoms with E-state index in [1.165, 1.54) is 12.7 Å². The third-order valence-electron chi connectivity index (χ3n) is 5.23. The molecule has 0 heterocycles. The molecule has 0 aromatic heterocycles. The zero-order chi connectivity index (χ0) is 25.3. The van der Waals surface area contributed by atoms with Gasteiger partial charge in [0.05, 0.1) is 17.7 Å². The van der Waals surface area contributed by atoms with Gasteiger partial charge in [0.15, 0.2) is 0 Å². The van der Waals surface area contributed by atoms with Crippen LogP contribution in [0.25, 0.3) is 0 Å². The summed E-state index contributed by atoms with van der Waals surface area (Å²) in [6, 6.07) is 20.9. The van der Waals surface area contributed by atoms with Crippen molar-refractivity contribution >= 4 is 45.0 Å². The Bertz CT molecular complexity index is 1200. The lowest BCUT2D eigenvalue weighted by molar-refractivity contribution is -0.119. The first-order valence-electron chi connectivity index (χ1n) is 11.1. The number of sulfonamides is 1. The molecule has 35 heavy (non-hydrogen) atoms. The molecule has 0 aliphatic rings. The Balaban J connectivity index is 1.59. The molecule has 0 saturated carbocycles. The zero-order valence-corrected chi connectivity index (χ0v) is 22.1. The predicted octanol–water partition coefficient (Wildman–Crippen LogP) is 5.29. The van der Waals surface area contributed by atoms with Gasteiger partial charge in [-0.25, -0.2) is 8.42 Å². The Kier molecular flexibility index (Phi) is 9.89. The molecule has 0 unspecified atom stereocenters. The standard InChI is InChI=1S/C26H29ClN2O4S2/c1-20-4-14-25(15-5-20)35(31,32)29(23-10-12-24(33-2)13-11-23)18-26(30)28-16-3-17-34-19-21-6-8-22(27)9-7-21/h4-15H,3,16-19H2,1-2H3,(H,28,30). The van der Waals surface area contributed by atoms with Crippen molar-refractivity contribution in [3.8, 4) is 5.75 Å². The SMILES string of the molecule is COc1ccc(N(CC(=O)NCCCSCc2ccc(Cl)cc2)S(=O)(=O)c2ccc(C)cc2)cc1. The van der Waals surface area contributed by atoms with Crippen LogP contribution in [0.15, 0.2) is 77.7 Å². The Morgan fingerprint density at radius 3 is 2.29 bits per heavy atom. The summed E-state index contributed by atoms with van der Waals surface area (Å²) in [5.74, 6) is 1.97. The van der Waals surface area contributed by atoms with Crippen LogP contribution >= 0.6 is 23.4 Å². The molecule has 9 heteroatoms. The topological polar surface area (TPSA) is 75.7 Å². The molecule has 186 valence electrons. The summed E-state index contributed by atoms with van der Waals surface area (Å²) in [7, 11) is -2.40. The second-order valence-corrected chi connectivity index (χ2v) is 11.3. The Hall–Kier alpha value is -2.68. The second kappa shape index (κ2) is 12.9. The molecule has 1 N–H and O–H groups in total. The van der Waals surface area contributed by atoms with Gasteiger partial charge in [-0.3, -0.25) is 9.10 Å². The van der Waals surface area contributed by atoms with Gasteiger partial charge in [0.1, 0.15) is 12.3 Å². The van der Waals surface area contributed by atoms with Gasteiger partial charge in [-0.15, -0.1) is 0 Å². The van der Waals surface area contributed by atoms with E-state index in [4.69, 9.17) is 16.3 Å². The lowest BCUT2D eigenvalue weighted by Crippen LogP contribution is -2.41. The molecular formula is C26H29ClN2O4S2. The number of aryl methyl sites for hydroxylation is 1. The fourth-order valence-corrected chi connectivity index (χ4v) is 5.73. The first-order valence-corrected chi connectivity index (χ1v) is 14.1. The molecule has 0 radical (unpaired) electrons. The summed E-state index contributed by atoms with van der Waals surface area (Å²) < 4.78 is 33.1. The number of anilines is 1. The third kappa shape index (κ3) is 7.92. The van der Waals surface area contributed by atoms with E-state index in [1.54, 1.807) is 60.3 Å². The molecule has 6 nitrogen and oxygen atoms in total. The first kappa shape index (κ1) is 26.9. The maximum absolute atomic E-state index is 13.4. The second-order valence-electron chi connectivity index (χ2n) is 7.91. The van der Waals surface area contributed by atoms with Crippen molar-refractivity contribution < 1.29 is 17.9 Å². The maximum Gasteiger partial charge on any atom is 0.264 e.